The highest BCUT2D eigenvalue weighted by atomic mass is 19.1. The standard InChI is InChI=1S/C34H39FN6O2.C32H36N6O2.C32H41N5O2/c1-21-5-8-28(9-6-21)41-16-15-40(20-30(41)33(37)42)34(43)31-22(2)17-23(3)32(24(31)4)38-27-11-13-39(14-12-27)29-10-7-26(35)18-25(29)19-36;1-21-8-9-27(25(17-21)19-33)36-13-10-26(11-14-36)35-31-23(3)18-22(2)30(24(31)4)32(40)37-15-16-38(29(39)20-37)28-7-5-6-12-34-28;1-22-10-11-29(33-19-22)35-14-12-26(13-15-35)34-31-24(3)18-23(2)30(25(31)4)32(39)36-16-17-37(28(20-36)21-38)27-8-6-5-7-9-27/h5-10,17-18,27,30,38H,11-16,20H2,1-4H3,(H2,37,42);5-9,12,17-18,26,35H,10-11,13-16,20H2,1-4H3;5-11,18-19,26,28,34,38H,12-17,20-21H2,1-4H3/t;;28-/m..0/s1. The molecule has 6 saturated heterocycles. The highest BCUT2D eigenvalue weighted by molar-refractivity contribution is 6.04. The van der Waals surface area contributed by atoms with Crippen molar-refractivity contribution in [2.45, 2.75) is 152 Å². The first kappa shape index (κ1) is 87.3. The maximum absolute atomic E-state index is 14.0. The van der Waals surface area contributed by atoms with Crippen molar-refractivity contribution in [3.8, 4) is 12.1 Å². The Morgan fingerprint density at radius 2 is 0.910 bits per heavy atom. The monoisotopic (exact) mass is 1650 g/mol. The first-order chi connectivity index (χ1) is 58.7. The van der Waals surface area contributed by atoms with Gasteiger partial charge in [0.2, 0.25) is 11.8 Å². The van der Waals surface area contributed by atoms with Crippen molar-refractivity contribution < 1.29 is 33.5 Å². The van der Waals surface area contributed by atoms with E-state index in [9.17, 15) is 44.0 Å². The molecule has 15 rings (SSSR count). The van der Waals surface area contributed by atoms with Crippen molar-refractivity contribution in [2.75, 3.05) is 150 Å². The maximum Gasteiger partial charge on any atom is 0.255 e. The number of amides is 5. The molecule has 0 radical (unpaired) electrons. The largest absolute Gasteiger partial charge is 0.394 e. The lowest BCUT2D eigenvalue weighted by molar-refractivity contribution is -0.121. The van der Waals surface area contributed by atoms with Crippen LogP contribution < -0.4 is 51.1 Å². The second kappa shape index (κ2) is 38.9. The van der Waals surface area contributed by atoms with E-state index in [4.69, 9.17) is 5.73 Å². The lowest BCUT2D eigenvalue weighted by atomic mass is 9.94. The number of nitrogens with zero attached hydrogens (tertiary/aromatic N) is 13. The van der Waals surface area contributed by atoms with E-state index < -0.39 is 17.8 Å². The summed E-state index contributed by atoms with van der Waals surface area (Å²) in [5.41, 5.74) is 28.2. The van der Waals surface area contributed by atoms with Gasteiger partial charge in [-0.05, 0) is 256 Å². The number of piperidine rings is 3. The van der Waals surface area contributed by atoms with Gasteiger partial charge in [0.15, 0.2) is 0 Å². The zero-order valence-corrected chi connectivity index (χ0v) is 72.6. The molecule has 8 heterocycles. The van der Waals surface area contributed by atoms with Crippen LogP contribution in [0.2, 0.25) is 0 Å². The van der Waals surface area contributed by atoms with Crippen molar-refractivity contribution in [1.82, 2.24) is 24.7 Å². The Kier molecular flexibility index (Phi) is 27.8. The third kappa shape index (κ3) is 19.7. The average Bonchev–Trinajstić information content (AvgIpc) is 0.783. The third-order valence-corrected chi connectivity index (χ3v) is 25.2. The van der Waals surface area contributed by atoms with E-state index in [1.54, 1.807) is 27.0 Å². The Morgan fingerprint density at radius 3 is 1.39 bits per heavy atom. The molecule has 636 valence electrons. The molecule has 23 nitrogen and oxygen atoms in total. The maximum atomic E-state index is 14.0. The predicted octanol–water partition coefficient (Wildman–Crippen LogP) is 14.3. The van der Waals surface area contributed by atoms with Gasteiger partial charge in [0.1, 0.15) is 42.2 Å². The van der Waals surface area contributed by atoms with Gasteiger partial charge in [-0.2, -0.15) is 10.5 Å². The highest BCUT2D eigenvalue weighted by Crippen LogP contribution is 2.38. The van der Waals surface area contributed by atoms with Crippen LogP contribution in [-0.2, 0) is 9.59 Å². The lowest BCUT2D eigenvalue weighted by Gasteiger charge is -2.42. The van der Waals surface area contributed by atoms with Gasteiger partial charge >= 0.3 is 0 Å². The molecule has 0 bridgehead atoms. The zero-order chi connectivity index (χ0) is 86.7. The van der Waals surface area contributed by atoms with E-state index in [1.165, 1.54) is 23.3 Å². The number of anilines is 9. The number of pyridine rings is 2. The molecule has 2 aromatic heterocycles. The summed E-state index contributed by atoms with van der Waals surface area (Å²) in [4.78, 5) is 94.0. The van der Waals surface area contributed by atoms with Crippen molar-refractivity contribution >= 4 is 81.0 Å². The molecule has 24 heteroatoms. The molecule has 1 unspecified atom stereocenters. The minimum absolute atomic E-state index is 0.00808. The van der Waals surface area contributed by atoms with Crippen molar-refractivity contribution in [1.29, 1.82) is 10.5 Å². The normalized spacial score (nSPS) is 17.3. The number of halogens is 1. The summed E-state index contributed by atoms with van der Waals surface area (Å²) in [6.45, 7) is 33.4. The van der Waals surface area contributed by atoms with E-state index in [1.807, 2.05) is 144 Å². The summed E-state index contributed by atoms with van der Waals surface area (Å²) in [5.74, 6) is 0.526. The molecule has 6 N–H and O–H groups in total. The van der Waals surface area contributed by atoms with E-state index in [0.717, 1.165) is 190 Å². The number of nitrogens with two attached hydrogens (primary N) is 1. The number of aromatic nitrogens is 2. The molecular weight excluding hydrogens is 1530 g/mol. The van der Waals surface area contributed by atoms with Crippen molar-refractivity contribution in [3.63, 3.8) is 0 Å². The number of carbonyl (C=O) groups is 5. The molecule has 0 spiro atoms. The molecule has 7 aromatic carbocycles. The van der Waals surface area contributed by atoms with E-state index >= 15 is 0 Å². The molecule has 0 aliphatic carbocycles. The number of nitriles is 2. The molecule has 6 aliphatic heterocycles. The quantitative estimate of drug-likeness (QED) is 0.0567. The van der Waals surface area contributed by atoms with Crippen LogP contribution in [0.5, 0.6) is 0 Å². The number of primary amides is 1. The number of aliphatic hydroxyl groups is 1. The van der Waals surface area contributed by atoms with Crippen LogP contribution in [-0.4, -0.2) is 194 Å². The fraction of sp³-hybridized carbons (Fsp3) is 0.398. The van der Waals surface area contributed by atoms with Gasteiger partial charge in [-0.15, -0.1) is 0 Å². The number of nitrogens with one attached hydrogen (secondary N) is 3. The van der Waals surface area contributed by atoms with Gasteiger partial charge in [0.05, 0.1) is 41.7 Å². The minimum atomic E-state index is -0.614. The fourth-order valence-electron chi connectivity index (χ4n) is 18.6. The number of carbonyl (C=O) groups excluding carboxylic acids is 5. The first-order valence-electron chi connectivity index (χ1n) is 42.8. The minimum Gasteiger partial charge on any atom is -0.394 e. The zero-order valence-electron chi connectivity index (χ0n) is 72.6. The average molecular weight is 1650 g/mol. The summed E-state index contributed by atoms with van der Waals surface area (Å²) in [7, 11) is 0. The summed E-state index contributed by atoms with van der Waals surface area (Å²) >= 11 is 0. The molecule has 0 saturated carbocycles. The summed E-state index contributed by atoms with van der Waals surface area (Å²) in [6, 6.07) is 49.0. The Bertz CT molecular complexity index is 5380. The van der Waals surface area contributed by atoms with Crippen LogP contribution in [0.3, 0.4) is 0 Å². The molecule has 122 heavy (non-hydrogen) atoms. The molecule has 2 atom stereocenters. The topological polar surface area (TPSA) is 270 Å². The van der Waals surface area contributed by atoms with Crippen LogP contribution in [0.25, 0.3) is 0 Å². The number of rotatable bonds is 17. The van der Waals surface area contributed by atoms with Gasteiger partial charge in [-0.3, -0.25) is 28.9 Å². The number of hydrogen-bond acceptors (Lipinski definition) is 18. The predicted molar refractivity (Wildman–Crippen MR) is 485 cm³/mol. The van der Waals surface area contributed by atoms with E-state index in [0.29, 0.717) is 74.4 Å². The van der Waals surface area contributed by atoms with Crippen molar-refractivity contribution in [3.05, 3.63) is 252 Å². The molecular formula is C98H116FN17O6. The molecule has 6 aliphatic rings. The fourth-order valence-corrected chi connectivity index (χ4v) is 18.6. The summed E-state index contributed by atoms with van der Waals surface area (Å²) in [5, 5.41) is 40.5. The molecule has 5 amide bonds. The number of benzene rings is 7. The van der Waals surface area contributed by atoms with Gasteiger partial charge in [-0.1, -0.05) is 72.3 Å². The summed E-state index contributed by atoms with van der Waals surface area (Å²) in [6.07, 6.45) is 9.16. The van der Waals surface area contributed by atoms with Crippen molar-refractivity contribution in [2.24, 2.45) is 5.73 Å². The second-order valence-electron chi connectivity index (χ2n) is 33.7. The van der Waals surface area contributed by atoms with Gasteiger partial charge in [-0.25, -0.2) is 14.4 Å². The first-order valence-corrected chi connectivity index (χ1v) is 42.8. The van der Waals surface area contributed by atoms with Crippen LogP contribution in [0.1, 0.15) is 147 Å². The van der Waals surface area contributed by atoms with Gasteiger partial charge in [0, 0.05) is 161 Å². The van der Waals surface area contributed by atoms with Gasteiger partial charge < -0.3 is 66.0 Å². The van der Waals surface area contributed by atoms with Crippen LogP contribution in [0, 0.1) is 112 Å². The van der Waals surface area contributed by atoms with Crippen LogP contribution >= 0.6 is 0 Å². The third-order valence-electron chi connectivity index (χ3n) is 25.2. The number of para-hydroxylation sites is 1. The van der Waals surface area contributed by atoms with Crippen LogP contribution in [0.15, 0.2) is 152 Å². The lowest BCUT2D eigenvalue weighted by Crippen LogP contribution is -2.59. The number of aliphatic hydroxyl groups excluding tert-OH is 1. The van der Waals surface area contributed by atoms with E-state index in [-0.39, 0.29) is 61.5 Å². The number of hydrogen-bond donors (Lipinski definition) is 5. The summed E-state index contributed by atoms with van der Waals surface area (Å²) < 4.78 is 13.6. The Labute approximate surface area is 717 Å². The van der Waals surface area contributed by atoms with Gasteiger partial charge in [0.25, 0.3) is 17.7 Å². The van der Waals surface area contributed by atoms with E-state index in [2.05, 4.69) is 134 Å². The second-order valence-corrected chi connectivity index (χ2v) is 33.7. The Balaban J connectivity index is 0.000000158. The number of piperazine rings is 3. The smallest absolute Gasteiger partial charge is 0.255 e. The SMILES string of the molecule is Cc1ccc(N2CCC(Nc3c(C)cc(C)c(C(=O)N4CCN(c5ccccc5)[C@H](CO)C4)c3C)CC2)nc1.Cc1ccc(N2CCC(Nc3c(C)cc(C)c(C(=O)N4CCN(c5ccccn5)C(=O)C4)c3C)CC2)c(C#N)c1.Cc1ccc(N2CCN(C(=O)c3c(C)cc(C)c(NC4CCN(c5ccc(F)cc5C#N)CC4)c3C)CC2C(N)=O)cc1. The van der Waals surface area contributed by atoms with Crippen LogP contribution in [0.4, 0.5) is 55.8 Å². The molecule has 9 aromatic rings. The Hall–Kier alpha value is -12.5. The Morgan fingerprint density at radius 1 is 0.459 bits per heavy atom. The number of aryl methyl sites for hydroxylation is 9. The molecule has 6 fully saturated rings. The highest BCUT2D eigenvalue weighted by Gasteiger charge is 2.38.